The van der Waals surface area contributed by atoms with Crippen molar-refractivity contribution in [2.75, 3.05) is 5.32 Å². The van der Waals surface area contributed by atoms with Crippen LogP contribution >= 0.6 is 0 Å². The summed E-state index contributed by atoms with van der Waals surface area (Å²) in [5.41, 5.74) is 4.04. The van der Waals surface area contributed by atoms with Gasteiger partial charge >= 0.3 is 22.3 Å². The maximum absolute atomic E-state index is 12.8. The first-order valence-corrected chi connectivity index (χ1v) is 14.3. The molecule has 1 fully saturated rings. The van der Waals surface area contributed by atoms with Crippen molar-refractivity contribution in [3.05, 3.63) is 64.7 Å². The van der Waals surface area contributed by atoms with Gasteiger partial charge in [-0.25, -0.2) is 14.3 Å². The molecule has 0 radical (unpaired) electrons. The molecule has 4 rings (SSSR count). The third-order valence-corrected chi connectivity index (χ3v) is 7.84. The summed E-state index contributed by atoms with van der Waals surface area (Å²) in [6.45, 7) is 6.01. The number of aliphatic hydroxyl groups is 1. The molecule has 3 amide bonds. The molecule has 1 heterocycles. The van der Waals surface area contributed by atoms with E-state index in [2.05, 4.69) is 10.0 Å². The second-order valence-electron chi connectivity index (χ2n) is 10.9. The molecule has 2 aromatic rings. The summed E-state index contributed by atoms with van der Waals surface area (Å²) in [5, 5.41) is 12.3. The number of aliphatic hydroxyl groups excluding tert-OH is 1. The highest BCUT2D eigenvalue weighted by molar-refractivity contribution is 7.88. The van der Waals surface area contributed by atoms with Crippen LogP contribution in [0.25, 0.3) is 0 Å². The van der Waals surface area contributed by atoms with Crippen LogP contribution in [0.5, 0.6) is 0 Å². The molecule has 0 spiro atoms. The van der Waals surface area contributed by atoms with Crippen molar-refractivity contribution < 1.29 is 27.9 Å². The van der Waals surface area contributed by atoms with Crippen LogP contribution in [0.3, 0.4) is 0 Å². The van der Waals surface area contributed by atoms with Crippen LogP contribution in [0.4, 0.5) is 15.3 Å². The third-order valence-electron chi connectivity index (χ3n) is 6.76. The second-order valence-corrected chi connectivity index (χ2v) is 12.4. The molecule has 206 valence electrons. The van der Waals surface area contributed by atoms with E-state index in [1.807, 2.05) is 47.2 Å². The Morgan fingerprint density at radius 2 is 1.66 bits per heavy atom. The van der Waals surface area contributed by atoms with Gasteiger partial charge < -0.3 is 20.1 Å². The molecule has 2 aromatic carbocycles. The van der Waals surface area contributed by atoms with E-state index in [4.69, 9.17) is 4.74 Å². The lowest BCUT2D eigenvalue weighted by Gasteiger charge is -2.29. The van der Waals surface area contributed by atoms with E-state index in [9.17, 15) is 23.1 Å². The molecule has 0 atom stereocenters. The number of hydrogen-bond donors (Lipinski definition) is 4. The van der Waals surface area contributed by atoms with Gasteiger partial charge in [0, 0.05) is 24.8 Å². The van der Waals surface area contributed by atoms with Gasteiger partial charge in [-0.05, 0) is 86.8 Å². The van der Waals surface area contributed by atoms with Crippen molar-refractivity contribution in [1.29, 1.82) is 0 Å². The van der Waals surface area contributed by atoms with Crippen LogP contribution < -0.4 is 14.8 Å². The van der Waals surface area contributed by atoms with Crippen molar-refractivity contribution in [2.45, 2.75) is 83.7 Å². The number of carbonyl (C=O) groups excluding carboxylic acids is 2. The number of anilines is 1. The lowest BCUT2D eigenvalue weighted by atomic mass is 9.82. The number of amides is 3. The number of benzene rings is 2. The van der Waals surface area contributed by atoms with E-state index in [0.29, 0.717) is 31.6 Å². The minimum Gasteiger partial charge on any atom is -0.443 e. The zero-order chi connectivity index (χ0) is 27.5. The van der Waals surface area contributed by atoms with Crippen molar-refractivity contribution >= 4 is 28.0 Å². The predicted octanol–water partition coefficient (Wildman–Crippen LogP) is 4.11. The number of hydrogen-bond acceptors (Lipinski definition) is 6. The number of urea groups is 1. The number of rotatable bonds is 6. The first kappa shape index (κ1) is 27.9. The Morgan fingerprint density at radius 1 is 1.00 bits per heavy atom. The maximum Gasteiger partial charge on any atom is 0.422 e. The highest BCUT2D eigenvalue weighted by atomic mass is 32.2. The summed E-state index contributed by atoms with van der Waals surface area (Å²) in [7, 11) is -4.01. The average molecular weight is 545 g/mol. The van der Waals surface area contributed by atoms with Gasteiger partial charge in [0.25, 0.3) is 0 Å². The monoisotopic (exact) mass is 544 g/mol. The van der Waals surface area contributed by atoms with Crippen molar-refractivity contribution in [3.63, 3.8) is 0 Å². The summed E-state index contributed by atoms with van der Waals surface area (Å²) >= 11 is 0. The molecule has 4 N–H and O–H groups in total. The summed E-state index contributed by atoms with van der Waals surface area (Å²) in [6, 6.07) is 13.1. The van der Waals surface area contributed by atoms with Crippen molar-refractivity contribution in [2.24, 2.45) is 0 Å². The Balaban J connectivity index is 1.24. The van der Waals surface area contributed by atoms with Crippen LogP contribution in [0.2, 0.25) is 0 Å². The summed E-state index contributed by atoms with van der Waals surface area (Å²) in [4.78, 5) is 26.3. The number of ether oxygens (including phenoxy) is 1. The van der Waals surface area contributed by atoms with Crippen molar-refractivity contribution in [1.82, 2.24) is 14.3 Å². The predicted molar refractivity (Wildman–Crippen MR) is 143 cm³/mol. The maximum atomic E-state index is 12.8. The molecule has 0 aromatic heterocycles. The molecule has 0 saturated heterocycles. The molecule has 1 aliphatic carbocycles. The van der Waals surface area contributed by atoms with E-state index >= 15 is 0 Å². The van der Waals surface area contributed by atoms with Crippen LogP contribution in [-0.2, 0) is 34.6 Å². The molecule has 10 nitrogen and oxygen atoms in total. The standard InChI is InChI=1S/C27H36N4O6S/c1-27(2,3)37-26(34)30-38(35,36)29-24-12-8-20(9-13-24)19-6-10-23(11-7-19)28-25(33)31-15-21-5-4-18(17-32)14-22(21)16-31/h4-7,10-11,14,20,24,29,32H,8-9,12-13,15-17H2,1-3H3,(H,28,33)(H,30,34). The Hall–Kier alpha value is -3.15. The van der Waals surface area contributed by atoms with Crippen LogP contribution in [0, 0.1) is 0 Å². The normalized spacial score (nSPS) is 19.5. The van der Waals surface area contributed by atoms with Gasteiger partial charge in [-0.1, -0.05) is 30.3 Å². The highest BCUT2D eigenvalue weighted by Gasteiger charge is 2.28. The molecular formula is C27H36N4O6S. The Morgan fingerprint density at radius 3 is 2.29 bits per heavy atom. The first-order valence-electron chi connectivity index (χ1n) is 12.8. The minimum absolute atomic E-state index is 0.0194. The van der Waals surface area contributed by atoms with Gasteiger partial charge in [-0.3, -0.25) is 0 Å². The Labute approximate surface area is 223 Å². The van der Waals surface area contributed by atoms with E-state index in [0.717, 1.165) is 35.1 Å². The number of nitrogens with one attached hydrogen (secondary N) is 3. The highest BCUT2D eigenvalue weighted by Crippen LogP contribution is 2.34. The smallest absolute Gasteiger partial charge is 0.422 e. The van der Waals surface area contributed by atoms with E-state index in [1.54, 1.807) is 25.7 Å². The summed E-state index contributed by atoms with van der Waals surface area (Å²) < 4.78 is 34.1. The van der Waals surface area contributed by atoms with Crippen molar-refractivity contribution in [3.8, 4) is 0 Å². The fourth-order valence-electron chi connectivity index (χ4n) is 4.93. The number of nitrogens with zero attached hydrogens (tertiary/aromatic N) is 1. The van der Waals surface area contributed by atoms with Gasteiger partial charge in [0.1, 0.15) is 5.60 Å². The molecule has 1 saturated carbocycles. The Kier molecular flexibility index (Phi) is 8.29. The van der Waals surface area contributed by atoms with E-state index in [1.165, 1.54) is 0 Å². The quantitative estimate of drug-likeness (QED) is 0.432. The largest absolute Gasteiger partial charge is 0.443 e. The van der Waals surface area contributed by atoms with Gasteiger partial charge in [-0.2, -0.15) is 13.1 Å². The second kappa shape index (κ2) is 11.3. The molecular weight excluding hydrogens is 508 g/mol. The van der Waals surface area contributed by atoms with E-state index in [-0.39, 0.29) is 24.6 Å². The average Bonchev–Trinajstić information content (AvgIpc) is 3.27. The lowest BCUT2D eigenvalue weighted by Crippen LogP contribution is -2.47. The number of fused-ring (bicyclic) bond motifs is 1. The fraction of sp³-hybridized carbons (Fsp3) is 0.481. The SMILES string of the molecule is CC(C)(C)OC(=O)NS(=O)(=O)NC1CCC(c2ccc(NC(=O)N3Cc4ccc(CO)cc4C3)cc2)CC1. The molecule has 1 aliphatic heterocycles. The summed E-state index contributed by atoms with van der Waals surface area (Å²) in [5.74, 6) is 0.285. The third kappa shape index (κ3) is 7.46. The topological polar surface area (TPSA) is 137 Å². The van der Waals surface area contributed by atoms with Crippen LogP contribution in [0.15, 0.2) is 42.5 Å². The number of carbonyl (C=O) groups is 2. The van der Waals surface area contributed by atoms with Crippen LogP contribution in [-0.4, -0.2) is 42.2 Å². The zero-order valence-corrected chi connectivity index (χ0v) is 22.8. The first-order chi connectivity index (χ1) is 17.9. The molecule has 38 heavy (non-hydrogen) atoms. The van der Waals surface area contributed by atoms with Gasteiger partial charge in [-0.15, -0.1) is 0 Å². The van der Waals surface area contributed by atoms with E-state index < -0.39 is 21.9 Å². The van der Waals surface area contributed by atoms with Gasteiger partial charge in [0.05, 0.1) is 6.61 Å². The summed E-state index contributed by atoms with van der Waals surface area (Å²) in [6.07, 6.45) is 1.88. The fourth-order valence-corrected chi connectivity index (χ4v) is 5.93. The molecule has 2 aliphatic rings. The Bertz CT molecular complexity index is 1270. The molecule has 0 bridgehead atoms. The molecule has 0 unspecified atom stereocenters. The van der Waals surface area contributed by atoms with Gasteiger partial charge in [0.15, 0.2) is 0 Å². The van der Waals surface area contributed by atoms with Gasteiger partial charge in [0.2, 0.25) is 0 Å². The zero-order valence-electron chi connectivity index (χ0n) is 22.0. The molecule has 11 heteroatoms. The van der Waals surface area contributed by atoms with Crippen LogP contribution in [0.1, 0.15) is 74.6 Å². The lowest BCUT2D eigenvalue weighted by molar-refractivity contribution is 0.0569. The minimum atomic E-state index is -4.01.